The van der Waals surface area contributed by atoms with Gasteiger partial charge in [-0.25, -0.2) is 0 Å². The number of piperidine rings is 1. The van der Waals surface area contributed by atoms with E-state index in [2.05, 4.69) is 41.8 Å². The third kappa shape index (κ3) is 3.62. The zero-order valence-electron chi connectivity index (χ0n) is 10.1. The first-order valence-electron chi connectivity index (χ1n) is 6.34. The van der Waals surface area contributed by atoms with Gasteiger partial charge in [-0.1, -0.05) is 36.2 Å². The molecule has 16 heavy (non-hydrogen) atoms. The van der Waals surface area contributed by atoms with E-state index in [-0.39, 0.29) is 0 Å². The van der Waals surface area contributed by atoms with Crippen LogP contribution in [0, 0.1) is 6.92 Å². The van der Waals surface area contributed by atoms with Gasteiger partial charge in [-0.2, -0.15) is 0 Å². The molecule has 1 unspecified atom stereocenters. The first-order chi connectivity index (χ1) is 7.84. The van der Waals surface area contributed by atoms with E-state index >= 15 is 0 Å². The third-order valence-corrected chi connectivity index (χ3v) is 3.25. The van der Waals surface area contributed by atoms with Gasteiger partial charge < -0.3 is 10.6 Å². The Bertz CT molecular complexity index is 299. The molecule has 1 atom stereocenters. The Labute approximate surface area is 98.4 Å². The van der Waals surface area contributed by atoms with Crippen molar-refractivity contribution in [3.8, 4) is 0 Å². The normalized spacial score (nSPS) is 20.9. The number of nitrogens with one attached hydrogen (secondary N) is 2. The lowest BCUT2D eigenvalue weighted by Crippen LogP contribution is -2.41. The Balaban J connectivity index is 1.69. The van der Waals surface area contributed by atoms with E-state index in [1.165, 1.54) is 36.9 Å². The fraction of sp³-hybridized carbons (Fsp3) is 0.571. The second-order valence-electron chi connectivity index (χ2n) is 4.76. The predicted molar refractivity (Wildman–Crippen MR) is 68.5 cm³/mol. The molecule has 2 heteroatoms. The summed E-state index contributed by atoms with van der Waals surface area (Å²) in [5.41, 5.74) is 2.71. The largest absolute Gasteiger partial charge is 0.313 e. The summed E-state index contributed by atoms with van der Waals surface area (Å²) in [6.45, 7) is 5.40. The summed E-state index contributed by atoms with van der Waals surface area (Å²) in [6.07, 6.45) is 4.04. The van der Waals surface area contributed by atoms with Crippen molar-refractivity contribution >= 4 is 0 Å². The predicted octanol–water partition coefficient (Wildman–Crippen LogP) is 2.23. The van der Waals surface area contributed by atoms with Crippen LogP contribution in [-0.4, -0.2) is 19.1 Å². The lowest BCUT2D eigenvalue weighted by atomic mass is 10.1. The van der Waals surface area contributed by atoms with Crippen LogP contribution in [0.3, 0.4) is 0 Å². The number of hydrogen-bond donors (Lipinski definition) is 2. The highest BCUT2D eigenvalue weighted by atomic mass is 15.0. The minimum absolute atomic E-state index is 0.680. The quantitative estimate of drug-likeness (QED) is 0.810. The second-order valence-corrected chi connectivity index (χ2v) is 4.76. The van der Waals surface area contributed by atoms with Gasteiger partial charge in [0.2, 0.25) is 0 Å². The van der Waals surface area contributed by atoms with Crippen LogP contribution in [0.4, 0.5) is 0 Å². The van der Waals surface area contributed by atoms with Crippen LogP contribution in [0.15, 0.2) is 24.3 Å². The summed E-state index contributed by atoms with van der Waals surface area (Å²) < 4.78 is 0. The summed E-state index contributed by atoms with van der Waals surface area (Å²) >= 11 is 0. The molecule has 1 aliphatic heterocycles. The van der Waals surface area contributed by atoms with E-state index in [0.717, 1.165) is 13.1 Å². The van der Waals surface area contributed by atoms with Gasteiger partial charge in [-0.3, -0.25) is 0 Å². The molecule has 0 radical (unpaired) electrons. The van der Waals surface area contributed by atoms with Gasteiger partial charge in [-0.15, -0.1) is 0 Å². The molecule has 1 heterocycles. The van der Waals surface area contributed by atoms with Crippen molar-refractivity contribution in [3.63, 3.8) is 0 Å². The number of aryl methyl sites for hydroxylation is 1. The summed E-state index contributed by atoms with van der Waals surface area (Å²) in [5, 5.41) is 7.08. The van der Waals surface area contributed by atoms with Gasteiger partial charge in [0, 0.05) is 19.1 Å². The first kappa shape index (κ1) is 11.6. The Morgan fingerprint density at radius 3 is 2.75 bits per heavy atom. The molecule has 1 saturated heterocycles. The van der Waals surface area contributed by atoms with E-state index in [1.54, 1.807) is 0 Å². The van der Waals surface area contributed by atoms with Crippen molar-refractivity contribution in [2.45, 2.75) is 38.8 Å². The molecule has 0 amide bonds. The van der Waals surface area contributed by atoms with Crippen molar-refractivity contribution in [3.05, 3.63) is 35.4 Å². The highest BCUT2D eigenvalue weighted by Crippen LogP contribution is 2.06. The molecular formula is C14H22N2. The standard InChI is InChI=1S/C14H22N2/c1-12-5-7-13(8-6-12)10-15-11-14-4-2-3-9-16-14/h5-8,14-16H,2-4,9-11H2,1H3. The first-order valence-corrected chi connectivity index (χ1v) is 6.34. The van der Waals surface area contributed by atoms with Gasteiger partial charge in [0.05, 0.1) is 0 Å². The van der Waals surface area contributed by atoms with Crippen LogP contribution in [0.5, 0.6) is 0 Å². The zero-order chi connectivity index (χ0) is 11.2. The van der Waals surface area contributed by atoms with Gasteiger partial charge in [0.15, 0.2) is 0 Å². The van der Waals surface area contributed by atoms with E-state index < -0.39 is 0 Å². The van der Waals surface area contributed by atoms with Crippen LogP contribution in [0.1, 0.15) is 30.4 Å². The molecule has 0 bridgehead atoms. The number of rotatable bonds is 4. The molecule has 88 valence electrons. The van der Waals surface area contributed by atoms with Crippen molar-refractivity contribution in [1.29, 1.82) is 0 Å². The van der Waals surface area contributed by atoms with Crippen LogP contribution >= 0.6 is 0 Å². The molecule has 0 aliphatic carbocycles. The molecule has 1 aromatic carbocycles. The van der Waals surface area contributed by atoms with Crippen molar-refractivity contribution in [2.75, 3.05) is 13.1 Å². The molecule has 0 spiro atoms. The van der Waals surface area contributed by atoms with E-state index in [1.807, 2.05) is 0 Å². The second kappa shape index (κ2) is 6.02. The Kier molecular flexibility index (Phi) is 4.37. The number of benzene rings is 1. The maximum atomic E-state index is 3.55. The Morgan fingerprint density at radius 1 is 1.25 bits per heavy atom. The van der Waals surface area contributed by atoms with Crippen molar-refractivity contribution < 1.29 is 0 Å². The molecule has 1 fully saturated rings. The van der Waals surface area contributed by atoms with E-state index in [0.29, 0.717) is 6.04 Å². The molecule has 1 aliphatic rings. The lowest BCUT2D eigenvalue weighted by molar-refractivity contribution is 0.383. The average molecular weight is 218 g/mol. The van der Waals surface area contributed by atoms with Crippen LogP contribution < -0.4 is 10.6 Å². The number of hydrogen-bond acceptors (Lipinski definition) is 2. The van der Waals surface area contributed by atoms with Crippen LogP contribution in [-0.2, 0) is 6.54 Å². The van der Waals surface area contributed by atoms with E-state index in [4.69, 9.17) is 0 Å². The summed E-state index contributed by atoms with van der Waals surface area (Å²) in [7, 11) is 0. The zero-order valence-corrected chi connectivity index (χ0v) is 10.1. The lowest BCUT2D eigenvalue weighted by Gasteiger charge is -2.23. The smallest absolute Gasteiger partial charge is 0.0206 e. The van der Waals surface area contributed by atoms with Crippen LogP contribution in [0.2, 0.25) is 0 Å². The Hall–Kier alpha value is -0.860. The topological polar surface area (TPSA) is 24.1 Å². The summed E-state index contributed by atoms with van der Waals surface area (Å²) in [6, 6.07) is 9.44. The molecule has 0 saturated carbocycles. The fourth-order valence-corrected chi connectivity index (χ4v) is 2.19. The van der Waals surface area contributed by atoms with Gasteiger partial charge >= 0.3 is 0 Å². The van der Waals surface area contributed by atoms with E-state index in [9.17, 15) is 0 Å². The average Bonchev–Trinajstić information content (AvgIpc) is 2.33. The molecule has 2 nitrogen and oxygen atoms in total. The highest BCUT2D eigenvalue weighted by molar-refractivity contribution is 5.21. The summed E-state index contributed by atoms with van der Waals surface area (Å²) in [4.78, 5) is 0. The highest BCUT2D eigenvalue weighted by Gasteiger charge is 2.11. The summed E-state index contributed by atoms with van der Waals surface area (Å²) in [5.74, 6) is 0. The maximum absolute atomic E-state index is 3.55. The fourth-order valence-electron chi connectivity index (χ4n) is 2.19. The van der Waals surface area contributed by atoms with Gasteiger partial charge in [0.25, 0.3) is 0 Å². The van der Waals surface area contributed by atoms with Crippen LogP contribution in [0.25, 0.3) is 0 Å². The molecule has 2 N–H and O–H groups in total. The molecule has 1 aromatic rings. The molecule has 0 aromatic heterocycles. The van der Waals surface area contributed by atoms with Crippen molar-refractivity contribution in [2.24, 2.45) is 0 Å². The third-order valence-electron chi connectivity index (χ3n) is 3.25. The SMILES string of the molecule is Cc1ccc(CNCC2CCCCN2)cc1. The minimum atomic E-state index is 0.680. The minimum Gasteiger partial charge on any atom is -0.313 e. The molecular weight excluding hydrogens is 196 g/mol. The molecule has 2 rings (SSSR count). The van der Waals surface area contributed by atoms with Gasteiger partial charge in [-0.05, 0) is 31.9 Å². The Morgan fingerprint density at radius 2 is 2.06 bits per heavy atom. The van der Waals surface area contributed by atoms with Crippen molar-refractivity contribution in [1.82, 2.24) is 10.6 Å². The van der Waals surface area contributed by atoms with Gasteiger partial charge in [0.1, 0.15) is 0 Å². The monoisotopic (exact) mass is 218 g/mol. The maximum Gasteiger partial charge on any atom is 0.0206 e.